The van der Waals surface area contributed by atoms with Crippen LogP contribution in [0.15, 0.2) is 18.3 Å². The predicted molar refractivity (Wildman–Crippen MR) is 78.2 cm³/mol. The molecule has 0 amide bonds. The maximum absolute atomic E-state index is 9.27. The van der Waals surface area contributed by atoms with Gasteiger partial charge in [0.2, 0.25) is 0 Å². The highest BCUT2D eigenvalue weighted by Gasteiger charge is 2.19. The molecular formula is C15H25N3O. The molecule has 1 unspecified atom stereocenters. The molecule has 1 aliphatic heterocycles. The number of aromatic nitrogens is 1. The number of hydrogen-bond donors (Lipinski definition) is 2. The zero-order valence-electron chi connectivity index (χ0n) is 12.0. The summed E-state index contributed by atoms with van der Waals surface area (Å²) >= 11 is 0. The molecule has 2 N–H and O–H groups in total. The number of aliphatic hydroxyl groups is 1. The number of hydrogen-bond acceptors (Lipinski definition) is 4. The van der Waals surface area contributed by atoms with Crippen molar-refractivity contribution in [3.05, 3.63) is 23.9 Å². The van der Waals surface area contributed by atoms with Crippen molar-refractivity contribution in [2.75, 3.05) is 24.6 Å². The van der Waals surface area contributed by atoms with Crippen molar-refractivity contribution in [3.8, 4) is 0 Å². The summed E-state index contributed by atoms with van der Waals surface area (Å²) in [6, 6.07) is 4.73. The van der Waals surface area contributed by atoms with E-state index in [1.54, 1.807) is 0 Å². The minimum Gasteiger partial charge on any atom is -0.396 e. The lowest BCUT2D eigenvalue weighted by molar-refractivity contribution is 0.208. The van der Waals surface area contributed by atoms with Crippen LogP contribution in [0.3, 0.4) is 0 Å². The van der Waals surface area contributed by atoms with E-state index in [0.29, 0.717) is 12.0 Å². The summed E-state index contributed by atoms with van der Waals surface area (Å²) in [7, 11) is 0. The molecule has 4 nitrogen and oxygen atoms in total. The summed E-state index contributed by atoms with van der Waals surface area (Å²) in [5, 5.41) is 12.7. The van der Waals surface area contributed by atoms with Gasteiger partial charge in [-0.2, -0.15) is 0 Å². The molecule has 4 heteroatoms. The Bertz CT molecular complexity index is 377. The highest BCUT2D eigenvalue weighted by molar-refractivity contribution is 5.39. The quantitative estimate of drug-likeness (QED) is 0.850. The largest absolute Gasteiger partial charge is 0.396 e. The van der Waals surface area contributed by atoms with E-state index in [4.69, 9.17) is 0 Å². The normalized spacial score (nSPS) is 20.0. The molecule has 0 aliphatic carbocycles. The van der Waals surface area contributed by atoms with Crippen molar-refractivity contribution < 1.29 is 5.11 Å². The lowest BCUT2D eigenvalue weighted by Gasteiger charge is -2.32. The monoisotopic (exact) mass is 263 g/mol. The first-order valence-electron chi connectivity index (χ1n) is 7.23. The Kier molecular flexibility index (Phi) is 5.16. The summed E-state index contributed by atoms with van der Waals surface area (Å²) in [6.07, 6.45) is 4.22. The lowest BCUT2D eigenvalue weighted by Crippen LogP contribution is -2.37. The Balaban J connectivity index is 1.93. The van der Waals surface area contributed by atoms with Gasteiger partial charge in [-0.1, -0.05) is 19.9 Å². The molecule has 1 aromatic rings. The minimum atomic E-state index is 0.285. The predicted octanol–water partition coefficient (Wildman–Crippen LogP) is 1.79. The molecule has 1 atom stereocenters. The maximum atomic E-state index is 9.27. The van der Waals surface area contributed by atoms with Crippen molar-refractivity contribution in [1.82, 2.24) is 10.3 Å². The van der Waals surface area contributed by atoms with Crippen LogP contribution in [0.1, 0.15) is 32.3 Å². The Morgan fingerprint density at radius 1 is 1.47 bits per heavy atom. The summed E-state index contributed by atoms with van der Waals surface area (Å²) in [5.74, 6) is 1.43. The molecule has 2 rings (SSSR count). The number of nitrogens with zero attached hydrogens (tertiary/aromatic N) is 2. The first kappa shape index (κ1) is 14.3. The van der Waals surface area contributed by atoms with Crippen molar-refractivity contribution in [2.45, 2.75) is 39.3 Å². The Labute approximate surface area is 115 Å². The molecule has 2 heterocycles. The topological polar surface area (TPSA) is 48.4 Å². The summed E-state index contributed by atoms with van der Waals surface area (Å²) < 4.78 is 0. The Hall–Kier alpha value is -1.13. The van der Waals surface area contributed by atoms with Gasteiger partial charge in [-0.05, 0) is 30.4 Å². The number of anilines is 1. The van der Waals surface area contributed by atoms with E-state index >= 15 is 0 Å². The van der Waals surface area contributed by atoms with Crippen LogP contribution >= 0.6 is 0 Å². The summed E-state index contributed by atoms with van der Waals surface area (Å²) in [4.78, 5) is 6.84. The van der Waals surface area contributed by atoms with Gasteiger partial charge in [-0.15, -0.1) is 0 Å². The van der Waals surface area contributed by atoms with Gasteiger partial charge in [0.25, 0.3) is 0 Å². The molecule has 0 spiro atoms. The zero-order chi connectivity index (χ0) is 13.7. The van der Waals surface area contributed by atoms with E-state index in [-0.39, 0.29) is 6.61 Å². The lowest BCUT2D eigenvalue weighted by atomic mass is 9.99. The molecule has 1 aromatic heterocycles. The van der Waals surface area contributed by atoms with Crippen molar-refractivity contribution in [2.24, 2.45) is 5.92 Å². The third-order valence-electron chi connectivity index (χ3n) is 3.62. The fourth-order valence-corrected chi connectivity index (χ4v) is 2.45. The van der Waals surface area contributed by atoms with Gasteiger partial charge in [0, 0.05) is 38.5 Å². The van der Waals surface area contributed by atoms with Gasteiger partial charge in [-0.3, -0.25) is 0 Å². The van der Waals surface area contributed by atoms with E-state index in [9.17, 15) is 5.11 Å². The van der Waals surface area contributed by atoms with Crippen molar-refractivity contribution in [3.63, 3.8) is 0 Å². The van der Waals surface area contributed by atoms with E-state index in [1.807, 2.05) is 6.20 Å². The molecule has 0 bridgehead atoms. The number of nitrogens with one attached hydrogen (secondary N) is 1. The first-order chi connectivity index (χ1) is 9.19. The fourth-order valence-electron chi connectivity index (χ4n) is 2.45. The highest BCUT2D eigenvalue weighted by atomic mass is 16.3. The van der Waals surface area contributed by atoms with Crippen LogP contribution in [0.25, 0.3) is 0 Å². The van der Waals surface area contributed by atoms with Crippen LogP contribution in [0.2, 0.25) is 0 Å². The van der Waals surface area contributed by atoms with Crippen molar-refractivity contribution in [1.29, 1.82) is 0 Å². The molecule has 19 heavy (non-hydrogen) atoms. The first-order valence-corrected chi connectivity index (χ1v) is 7.23. The van der Waals surface area contributed by atoms with Crippen LogP contribution < -0.4 is 10.2 Å². The Morgan fingerprint density at radius 3 is 2.95 bits per heavy atom. The van der Waals surface area contributed by atoms with Gasteiger partial charge < -0.3 is 15.3 Å². The van der Waals surface area contributed by atoms with Crippen molar-refractivity contribution >= 4 is 5.82 Å². The van der Waals surface area contributed by atoms with Crippen LogP contribution in [0.5, 0.6) is 0 Å². The van der Waals surface area contributed by atoms with Crippen LogP contribution in [-0.4, -0.2) is 35.8 Å². The number of rotatable bonds is 5. The van der Waals surface area contributed by atoms with Crippen LogP contribution in [-0.2, 0) is 6.54 Å². The number of aliphatic hydroxyl groups excluding tert-OH is 1. The molecule has 0 aromatic carbocycles. The van der Waals surface area contributed by atoms with Gasteiger partial charge in [0.05, 0.1) is 0 Å². The molecule has 1 aliphatic rings. The van der Waals surface area contributed by atoms with Gasteiger partial charge in [0.15, 0.2) is 0 Å². The smallest absolute Gasteiger partial charge is 0.128 e. The Morgan fingerprint density at radius 2 is 2.32 bits per heavy atom. The minimum absolute atomic E-state index is 0.285. The van der Waals surface area contributed by atoms with E-state index in [0.717, 1.165) is 38.3 Å². The van der Waals surface area contributed by atoms with Crippen LogP contribution in [0, 0.1) is 5.92 Å². The van der Waals surface area contributed by atoms with Gasteiger partial charge in [0.1, 0.15) is 5.82 Å². The fraction of sp³-hybridized carbons (Fsp3) is 0.667. The molecule has 0 saturated carbocycles. The second-order valence-electron chi connectivity index (χ2n) is 5.70. The van der Waals surface area contributed by atoms with Crippen LogP contribution in [0.4, 0.5) is 5.82 Å². The molecule has 0 radical (unpaired) electrons. The van der Waals surface area contributed by atoms with E-state index in [2.05, 4.69) is 41.2 Å². The van der Waals surface area contributed by atoms with E-state index < -0.39 is 0 Å². The molecule has 106 valence electrons. The maximum Gasteiger partial charge on any atom is 0.128 e. The third kappa shape index (κ3) is 4.18. The average Bonchev–Trinajstić information content (AvgIpc) is 2.45. The second-order valence-corrected chi connectivity index (χ2v) is 5.70. The highest BCUT2D eigenvalue weighted by Crippen LogP contribution is 2.21. The molecule has 1 saturated heterocycles. The standard InChI is InChI=1S/C15H25N3O/c1-12(2)16-8-13-5-6-15(17-9-13)18-7-3-4-14(10-18)11-19/h5-6,9,12,14,16,19H,3-4,7-8,10-11H2,1-2H3. The van der Waals surface area contributed by atoms with E-state index in [1.165, 1.54) is 5.56 Å². The number of piperidine rings is 1. The zero-order valence-corrected chi connectivity index (χ0v) is 12.0. The SMILES string of the molecule is CC(C)NCc1ccc(N2CCCC(CO)C2)nc1. The molecule has 1 fully saturated rings. The third-order valence-corrected chi connectivity index (χ3v) is 3.62. The number of pyridine rings is 1. The van der Waals surface area contributed by atoms with Gasteiger partial charge >= 0.3 is 0 Å². The average molecular weight is 263 g/mol. The summed E-state index contributed by atoms with van der Waals surface area (Å²) in [6.45, 7) is 7.41. The van der Waals surface area contributed by atoms with Gasteiger partial charge in [-0.25, -0.2) is 4.98 Å². The second kappa shape index (κ2) is 6.87. The summed E-state index contributed by atoms with van der Waals surface area (Å²) in [5.41, 5.74) is 1.22. The molecular weight excluding hydrogens is 238 g/mol.